The molecule has 1 aliphatic carbocycles. The number of nitrogens with one attached hydrogen (secondary N) is 1. The van der Waals surface area contributed by atoms with Gasteiger partial charge < -0.3 is 15.5 Å². The van der Waals surface area contributed by atoms with Crippen LogP contribution in [-0.2, 0) is 0 Å². The fourth-order valence-electron chi connectivity index (χ4n) is 2.48. The molecule has 0 bridgehead atoms. The summed E-state index contributed by atoms with van der Waals surface area (Å²) in [7, 11) is 0. The van der Waals surface area contributed by atoms with E-state index < -0.39 is 5.60 Å². The Hall–Kier alpha value is -0.120. The summed E-state index contributed by atoms with van der Waals surface area (Å²) in [4.78, 5) is 0. The van der Waals surface area contributed by atoms with Gasteiger partial charge in [-0.25, -0.2) is 0 Å². The fourth-order valence-corrected chi connectivity index (χ4v) is 2.48. The molecule has 0 aliphatic heterocycles. The Morgan fingerprint density at radius 2 is 1.81 bits per heavy atom. The molecule has 3 N–H and O–H groups in total. The Labute approximate surface area is 99.3 Å². The van der Waals surface area contributed by atoms with Gasteiger partial charge in [-0.05, 0) is 58.0 Å². The zero-order valence-electron chi connectivity index (χ0n) is 10.7. The third-order valence-corrected chi connectivity index (χ3v) is 3.62. The standard InChI is InChI=1S/C13H27NO2/c1-13(2,16)7-8-14-9-11-5-3-4-6-12(11)10-15/h11-12,14-16H,3-10H2,1-2H3. The second kappa shape index (κ2) is 6.58. The molecular weight excluding hydrogens is 202 g/mol. The van der Waals surface area contributed by atoms with Gasteiger partial charge >= 0.3 is 0 Å². The van der Waals surface area contributed by atoms with Crippen LogP contribution in [0.1, 0.15) is 46.0 Å². The predicted octanol–water partition coefficient (Wildman–Crippen LogP) is 1.54. The van der Waals surface area contributed by atoms with E-state index in [-0.39, 0.29) is 0 Å². The topological polar surface area (TPSA) is 52.5 Å². The van der Waals surface area contributed by atoms with Gasteiger partial charge in [-0.2, -0.15) is 0 Å². The summed E-state index contributed by atoms with van der Waals surface area (Å²) in [6.07, 6.45) is 5.76. The molecule has 1 saturated carbocycles. The van der Waals surface area contributed by atoms with Crippen LogP contribution in [0.2, 0.25) is 0 Å². The van der Waals surface area contributed by atoms with Crippen LogP contribution in [0, 0.1) is 11.8 Å². The van der Waals surface area contributed by atoms with E-state index in [2.05, 4.69) is 5.32 Å². The molecule has 0 radical (unpaired) electrons. The molecule has 1 aliphatic rings. The average molecular weight is 229 g/mol. The summed E-state index contributed by atoms with van der Waals surface area (Å²) in [5.41, 5.74) is -0.573. The molecule has 3 heteroatoms. The van der Waals surface area contributed by atoms with Crippen molar-refractivity contribution in [1.82, 2.24) is 5.32 Å². The largest absolute Gasteiger partial charge is 0.396 e. The molecule has 16 heavy (non-hydrogen) atoms. The van der Waals surface area contributed by atoms with Crippen molar-refractivity contribution in [2.45, 2.75) is 51.6 Å². The van der Waals surface area contributed by atoms with Gasteiger partial charge in [0.25, 0.3) is 0 Å². The van der Waals surface area contributed by atoms with E-state index in [4.69, 9.17) is 0 Å². The van der Waals surface area contributed by atoms with Gasteiger partial charge in [0.2, 0.25) is 0 Å². The second-order valence-electron chi connectivity index (χ2n) is 5.75. The van der Waals surface area contributed by atoms with Crippen LogP contribution in [0.25, 0.3) is 0 Å². The van der Waals surface area contributed by atoms with Crippen LogP contribution in [0.5, 0.6) is 0 Å². The summed E-state index contributed by atoms with van der Waals surface area (Å²) >= 11 is 0. The van der Waals surface area contributed by atoms with Gasteiger partial charge in [-0.1, -0.05) is 12.8 Å². The van der Waals surface area contributed by atoms with Crippen molar-refractivity contribution in [3.05, 3.63) is 0 Å². The van der Waals surface area contributed by atoms with E-state index in [1.165, 1.54) is 25.7 Å². The van der Waals surface area contributed by atoms with Gasteiger partial charge in [0.15, 0.2) is 0 Å². The number of aliphatic hydroxyl groups is 2. The molecule has 96 valence electrons. The van der Waals surface area contributed by atoms with E-state index in [0.717, 1.165) is 19.5 Å². The Bertz CT molecular complexity index is 189. The van der Waals surface area contributed by atoms with Crippen molar-refractivity contribution in [3.8, 4) is 0 Å². The number of hydrogen-bond donors (Lipinski definition) is 3. The molecule has 1 rings (SSSR count). The molecule has 3 nitrogen and oxygen atoms in total. The van der Waals surface area contributed by atoms with Gasteiger partial charge in [0, 0.05) is 6.61 Å². The lowest BCUT2D eigenvalue weighted by molar-refractivity contribution is 0.0695. The van der Waals surface area contributed by atoms with Crippen molar-refractivity contribution in [2.24, 2.45) is 11.8 Å². The Morgan fingerprint density at radius 3 is 2.38 bits per heavy atom. The quantitative estimate of drug-likeness (QED) is 0.606. The monoisotopic (exact) mass is 229 g/mol. The maximum absolute atomic E-state index is 9.57. The minimum absolute atomic E-state index is 0.331. The smallest absolute Gasteiger partial charge is 0.0603 e. The SMILES string of the molecule is CC(C)(O)CCNCC1CCCCC1CO. The highest BCUT2D eigenvalue weighted by molar-refractivity contribution is 4.77. The Kier molecular flexibility index (Phi) is 5.73. The van der Waals surface area contributed by atoms with Crippen LogP contribution < -0.4 is 5.32 Å². The van der Waals surface area contributed by atoms with E-state index >= 15 is 0 Å². The van der Waals surface area contributed by atoms with Gasteiger partial charge in [0.05, 0.1) is 5.60 Å². The third kappa shape index (κ3) is 5.28. The lowest BCUT2D eigenvalue weighted by atomic mass is 9.79. The molecule has 0 aromatic heterocycles. The average Bonchev–Trinajstić information content (AvgIpc) is 2.23. The lowest BCUT2D eigenvalue weighted by Gasteiger charge is -2.30. The molecule has 0 heterocycles. The maximum atomic E-state index is 9.57. The van der Waals surface area contributed by atoms with Crippen LogP contribution in [0.15, 0.2) is 0 Å². The first kappa shape index (κ1) is 13.9. The number of aliphatic hydroxyl groups excluding tert-OH is 1. The first-order valence-corrected chi connectivity index (χ1v) is 6.57. The van der Waals surface area contributed by atoms with E-state index in [1.807, 2.05) is 13.8 Å². The van der Waals surface area contributed by atoms with Gasteiger partial charge in [-0.3, -0.25) is 0 Å². The van der Waals surface area contributed by atoms with Crippen LogP contribution >= 0.6 is 0 Å². The van der Waals surface area contributed by atoms with Crippen molar-refractivity contribution >= 4 is 0 Å². The van der Waals surface area contributed by atoms with Crippen molar-refractivity contribution in [2.75, 3.05) is 19.7 Å². The van der Waals surface area contributed by atoms with Crippen molar-refractivity contribution in [3.63, 3.8) is 0 Å². The predicted molar refractivity (Wildman–Crippen MR) is 66.3 cm³/mol. The fraction of sp³-hybridized carbons (Fsp3) is 1.00. The molecule has 1 fully saturated rings. The zero-order valence-corrected chi connectivity index (χ0v) is 10.7. The van der Waals surface area contributed by atoms with Crippen molar-refractivity contribution < 1.29 is 10.2 Å². The number of rotatable bonds is 6. The molecular formula is C13H27NO2. The zero-order chi connectivity index (χ0) is 12.0. The summed E-state index contributed by atoms with van der Waals surface area (Å²) in [6.45, 7) is 5.86. The summed E-state index contributed by atoms with van der Waals surface area (Å²) in [6, 6.07) is 0. The molecule has 0 aromatic rings. The first-order valence-electron chi connectivity index (χ1n) is 6.57. The molecule has 2 unspecified atom stereocenters. The van der Waals surface area contributed by atoms with E-state index in [0.29, 0.717) is 18.4 Å². The molecule has 0 saturated heterocycles. The Balaban J connectivity index is 2.15. The Morgan fingerprint density at radius 1 is 1.19 bits per heavy atom. The summed E-state index contributed by atoms with van der Waals surface area (Å²) in [5.74, 6) is 1.11. The molecule has 0 amide bonds. The molecule has 0 aromatic carbocycles. The minimum atomic E-state index is -0.573. The summed E-state index contributed by atoms with van der Waals surface area (Å²) < 4.78 is 0. The maximum Gasteiger partial charge on any atom is 0.0603 e. The van der Waals surface area contributed by atoms with E-state index in [1.54, 1.807) is 0 Å². The molecule has 0 spiro atoms. The first-order chi connectivity index (χ1) is 7.53. The highest BCUT2D eigenvalue weighted by atomic mass is 16.3. The summed E-state index contributed by atoms with van der Waals surface area (Å²) in [5, 5.41) is 22.3. The van der Waals surface area contributed by atoms with Crippen LogP contribution in [0.3, 0.4) is 0 Å². The van der Waals surface area contributed by atoms with E-state index in [9.17, 15) is 10.2 Å². The third-order valence-electron chi connectivity index (χ3n) is 3.62. The second-order valence-corrected chi connectivity index (χ2v) is 5.75. The highest BCUT2D eigenvalue weighted by Crippen LogP contribution is 2.29. The lowest BCUT2D eigenvalue weighted by Crippen LogP contribution is -2.34. The van der Waals surface area contributed by atoms with Gasteiger partial charge in [-0.15, -0.1) is 0 Å². The van der Waals surface area contributed by atoms with Gasteiger partial charge in [0.1, 0.15) is 0 Å². The van der Waals surface area contributed by atoms with Crippen LogP contribution in [0.4, 0.5) is 0 Å². The van der Waals surface area contributed by atoms with Crippen molar-refractivity contribution in [1.29, 1.82) is 0 Å². The highest BCUT2D eigenvalue weighted by Gasteiger charge is 2.24. The number of hydrogen-bond acceptors (Lipinski definition) is 3. The molecule has 2 atom stereocenters. The van der Waals surface area contributed by atoms with Crippen LogP contribution in [-0.4, -0.2) is 35.5 Å². The minimum Gasteiger partial charge on any atom is -0.396 e. The normalized spacial score (nSPS) is 27.0.